The average Bonchev–Trinajstić information content (AvgIpc) is 2.69. The van der Waals surface area contributed by atoms with Crippen molar-refractivity contribution in [3.8, 4) is 0 Å². The Kier molecular flexibility index (Phi) is 5.65. The fourth-order valence-electron chi connectivity index (χ4n) is 2.15. The molecule has 0 amide bonds. The molecule has 1 fully saturated rings. The summed E-state index contributed by atoms with van der Waals surface area (Å²) in [5, 5.41) is 12.3. The summed E-state index contributed by atoms with van der Waals surface area (Å²) in [4.78, 5) is 11.0. The van der Waals surface area contributed by atoms with Crippen molar-refractivity contribution in [3.05, 3.63) is 0 Å². The van der Waals surface area contributed by atoms with Crippen LogP contribution in [0.3, 0.4) is 0 Å². The SMILES string of the molecule is NCCCCC(NC1CCCC1)C(=O)O. The minimum Gasteiger partial charge on any atom is -0.480 e. The van der Waals surface area contributed by atoms with Crippen LogP contribution in [0.2, 0.25) is 0 Å². The molecular formula is C11H22N2O2. The van der Waals surface area contributed by atoms with Crippen molar-refractivity contribution in [2.45, 2.75) is 57.0 Å². The van der Waals surface area contributed by atoms with E-state index in [1.807, 2.05) is 0 Å². The second kappa shape index (κ2) is 6.80. The average molecular weight is 214 g/mol. The minimum atomic E-state index is -0.723. The van der Waals surface area contributed by atoms with Gasteiger partial charge in [-0.2, -0.15) is 0 Å². The number of nitrogens with two attached hydrogens (primary N) is 1. The number of carboxylic acid groups (broad SMARTS) is 1. The van der Waals surface area contributed by atoms with Crippen LogP contribution in [-0.4, -0.2) is 29.7 Å². The summed E-state index contributed by atoms with van der Waals surface area (Å²) in [5.41, 5.74) is 5.39. The van der Waals surface area contributed by atoms with Gasteiger partial charge in [0.2, 0.25) is 0 Å². The third kappa shape index (κ3) is 4.62. The van der Waals surface area contributed by atoms with Gasteiger partial charge in [-0.1, -0.05) is 19.3 Å². The second-order valence-electron chi connectivity index (χ2n) is 4.32. The maximum absolute atomic E-state index is 11.0. The van der Waals surface area contributed by atoms with E-state index in [4.69, 9.17) is 10.8 Å². The van der Waals surface area contributed by atoms with Gasteiger partial charge in [-0.05, 0) is 32.2 Å². The number of rotatable bonds is 7. The smallest absolute Gasteiger partial charge is 0.320 e. The summed E-state index contributed by atoms with van der Waals surface area (Å²) >= 11 is 0. The summed E-state index contributed by atoms with van der Waals surface area (Å²) in [6.45, 7) is 0.649. The molecule has 1 unspecified atom stereocenters. The van der Waals surface area contributed by atoms with Crippen molar-refractivity contribution >= 4 is 5.97 Å². The molecule has 15 heavy (non-hydrogen) atoms. The Hall–Kier alpha value is -0.610. The molecule has 0 aromatic rings. The number of hydrogen-bond donors (Lipinski definition) is 3. The van der Waals surface area contributed by atoms with E-state index >= 15 is 0 Å². The van der Waals surface area contributed by atoms with E-state index in [1.54, 1.807) is 0 Å². The van der Waals surface area contributed by atoms with Gasteiger partial charge in [0, 0.05) is 6.04 Å². The largest absolute Gasteiger partial charge is 0.480 e. The van der Waals surface area contributed by atoms with Crippen LogP contribution in [0.25, 0.3) is 0 Å². The standard InChI is InChI=1S/C11H22N2O2/c12-8-4-3-7-10(11(14)15)13-9-5-1-2-6-9/h9-10,13H,1-8,12H2,(H,14,15). The van der Waals surface area contributed by atoms with E-state index in [2.05, 4.69) is 5.32 Å². The van der Waals surface area contributed by atoms with Gasteiger partial charge in [-0.25, -0.2) is 0 Å². The first-order valence-electron chi connectivity index (χ1n) is 5.93. The number of nitrogens with one attached hydrogen (secondary N) is 1. The molecule has 88 valence electrons. The van der Waals surface area contributed by atoms with Crippen LogP contribution in [0.15, 0.2) is 0 Å². The molecule has 0 aliphatic heterocycles. The van der Waals surface area contributed by atoms with Crippen LogP contribution in [0.4, 0.5) is 0 Å². The van der Waals surface area contributed by atoms with E-state index in [0.717, 1.165) is 25.7 Å². The predicted molar refractivity (Wildman–Crippen MR) is 59.7 cm³/mol. The number of carboxylic acids is 1. The van der Waals surface area contributed by atoms with Crippen LogP contribution in [0.1, 0.15) is 44.9 Å². The van der Waals surface area contributed by atoms with Crippen LogP contribution >= 0.6 is 0 Å². The van der Waals surface area contributed by atoms with E-state index in [9.17, 15) is 4.79 Å². The Labute approximate surface area is 91.2 Å². The molecule has 1 aliphatic rings. The molecule has 0 aromatic heterocycles. The first-order valence-corrected chi connectivity index (χ1v) is 5.93. The number of unbranched alkanes of at least 4 members (excludes halogenated alkanes) is 1. The molecule has 0 heterocycles. The molecule has 0 bridgehead atoms. The van der Waals surface area contributed by atoms with E-state index < -0.39 is 5.97 Å². The van der Waals surface area contributed by atoms with Gasteiger partial charge < -0.3 is 16.2 Å². The normalized spacial score (nSPS) is 19.3. The summed E-state index contributed by atoms with van der Waals surface area (Å²) in [7, 11) is 0. The van der Waals surface area contributed by atoms with Crippen molar-refractivity contribution in [2.75, 3.05) is 6.54 Å². The molecule has 0 radical (unpaired) electrons. The highest BCUT2D eigenvalue weighted by Gasteiger charge is 2.23. The number of carbonyl (C=O) groups is 1. The van der Waals surface area contributed by atoms with Crippen LogP contribution in [0, 0.1) is 0 Å². The van der Waals surface area contributed by atoms with Gasteiger partial charge in [-0.3, -0.25) is 4.79 Å². The lowest BCUT2D eigenvalue weighted by Crippen LogP contribution is -2.42. The van der Waals surface area contributed by atoms with E-state index in [0.29, 0.717) is 19.0 Å². The first-order chi connectivity index (χ1) is 7.24. The zero-order valence-corrected chi connectivity index (χ0v) is 9.24. The van der Waals surface area contributed by atoms with E-state index in [1.165, 1.54) is 12.8 Å². The molecule has 1 saturated carbocycles. The third-order valence-electron chi connectivity index (χ3n) is 3.04. The molecule has 4 N–H and O–H groups in total. The summed E-state index contributed by atoms with van der Waals surface area (Å²) in [6, 6.07) is 0.0450. The highest BCUT2D eigenvalue weighted by Crippen LogP contribution is 2.18. The first kappa shape index (κ1) is 12.5. The molecule has 1 atom stereocenters. The maximum atomic E-state index is 11.0. The second-order valence-corrected chi connectivity index (χ2v) is 4.32. The van der Waals surface area contributed by atoms with Crippen LogP contribution < -0.4 is 11.1 Å². The zero-order chi connectivity index (χ0) is 11.1. The lowest BCUT2D eigenvalue weighted by Gasteiger charge is -2.19. The van der Waals surface area contributed by atoms with Gasteiger partial charge in [0.05, 0.1) is 0 Å². The summed E-state index contributed by atoms with van der Waals surface area (Å²) in [5.74, 6) is -0.723. The minimum absolute atomic E-state index is 0.375. The molecule has 1 rings (SSSR count). The van der Waals surface area contributed by atoms with Gasteiger partial charge >= 0.3 is 5.97 Å². The monoisotopic (exact) mass is 214 g/mol. The Morgan fingerprint density at radius 3 is 2.60 bits per heavy atom. The Bertz CT molecular complexity index is 191. The highest BCUT2D eigenvalue weighted by atomic mass is 16.4. The van der Waals surface area contributed by atoms with Gasteiger partial charge in [-0.15, -0.1) is 0 Å². The number of aliphatic carboxylic acids is 1. The molecular weight excluding hydrogens is 192 g/mol. The number of hydrogen-bond acceptors (Lipinski definition) is 3. The van der Waals surface area contributed by atoms with E-state index in [-0.39, 0.29) is 6.04 Å². The Balaban J connectivity index is 2.26. The highest BCUT2D eigenvalue weighted by molar-refractivity contribution is 5.73. The lowest BCUT2D eigenvalue weighted by atomic mass is 10.1. The fourth-order valence-corrected chi connectivity index (χ4v) is 2.15. The molecule has 4 heteroatoms. The van der Waals surface area contributed by atoms with Crippen molar-refractivity contribution in [2.24, 2.45) is 5.73 Å². The van der Waals surface area contributed by atoms with Gasteiger partial charge in [0.25, 0.3) is 0 Å². The van der Waals surface area contributed by atoms with Crippen molar-refractivity contribution in [1.82, 2.24) is 5.32 Å². The molecule has 4 nitrogen and oxygen atoms in total. The zero-order valence-electron chi connectivity index (χ0n) is 9.24. The topological polar surface area (TPSA) is 75.3 Å². The quantitative estimate of drug-likeness (QED) is 0.555. The van der Waals surface area contributed by atoms with Crippen molar-refractivity contribution in [3.63, 3.8) is 0 Å². The Morgan fingerprint density at radius 1 is 1.40 bits per heavy atom. The Morgan fingerprint density at radius 2 is 2.07 bits per heavy atom. The molecule has 0 spiro atoms. The van der Waals surface area contributed by atoms with Gasteiger partial charge in [0.15, 0.2) is 0 Å². The third-order valence-corrected chi connectivity index (χ3v) is 3.04. The van der Waals surface area contributed by atoms with Crippen molar-refractivity contribution in [1.29, 1.82) is 0 Å². The van der Waals surface area contributed by atoms with Gasteiger partial charge in [0.1, 0.15) is 6.04 Å². The predicted octanol–water partition coefficient (Wildman–Crippen LogP) is 1.10. The molecule has 0 aromatic carbocycles. The molecule has 1 aliphatic carbocycles. The summed E-state index contributed by atoms with van der Waals surface area (Å²) < 4.78 is 0. The van der Waals surface area contributed by atoms with Crippen molar-refractivity contribution < 1.29 is 9.90 Å². The molecule has 0 saturated heterocycles. The maximum Gasteiger partial charge on any atom is 0.320 e. The van der Waals surface area contributed by atoms with Crippen LogP contribution in [0.5, 0.6) is 0 Å². The fraction of sp³-hybridized carbons (Fsp3) is 0.909. The lowest BCUT2D eigenvalue weighted by molar-refractivity contribution is -0.139. The summed E-state index contributed by atoms with van der Waals surface area (Å²) in [6.07, 6.45) is 7.22. The van der Waals surface area contributed by atoms with Crippen LogP contribution in [-0.2, 0) is 4.79 Å².